The molecule has 0 aliphatic carbocycles. The van der Waals surface area contributed by atoms with Crippen LogP contribution in [0.1, 0.15) is 21.5 Å². The van der Waals surface area contributed by atoms with Gasteiger partial charge in [0.25, 0.3) is 11.8 Å². The van der Waals surface area contributed by atoms with E-state index < -0.39 is 18.4 Å². The van der Waals surface area contributed by atoms with Crippen molar-refractivity contribution in [2.45, 2.75) is 13.0 Å². The molecule has 0 saturated carbocycles. The van der Waals surface area contributed by atoms with Gasteiger partial charge in [0, 0.05) is 38.3 Å². The van der Waals surface area contributed by atoms with Gasteiger partial charge in [-0.3, -0.25) is 9.59 Å². The average Bonchev–Trinajstić information content (AvgIpc) is 2.92. The van der Waals surface area contributed by atoms with Crippen molar-refractivity contribution in [2.24, 2.45) is 0 Å². The van der Waals surface area contributed by atoms with Gasteiger partial charge >= 0.3 is 6.61 Å². The van der Waals surface area contributed by atoms with E-state index in [4.69, 9.17) is 9.84 Å². The maximum absolute atomic E-state index is 12.9. The number of hydrogen-bond acceptors (Lipinski definition) is 6. The largest absolute Gasteiger partial charge is 0.493 e. The van der Waals surface area contributed by atoms with Crippen LogP contribution in [0.5, 0.6) is 11.5 Å². The number of alkyl halides is 2. The highest BCUT2D eigenvalue weighted by molar-refractivity contribution is 6.05. The Morgan fingerprint density at radius 2 is 1.59 bits per heavy atom. The minimum atomic E-state index is -2.96. The maximum atomic E-state index is 12.9. The van der Waals surface area contributed by atoms with Gasteiger partial charge in [-0.15, -0.1) is 0 Å². The second kappa shape index (κ2) is 14.5. The molecule has 0 heterocycles. The first-order chi connectivity index (χ1) is 18.7. The predicted molar refractivity (Wildman–Crippen MR) is 145 cm³/mol. The lowest BCUT2D eigenvalue weighted by Crippen LogP contribution is -2.36. The van der Waals surface area contributed by atoms with E-state index in [0.717, 1.165) is 17.7 Å². The molecule has 0 bridgehead atoms. The molecule has 3 aromatic rings. The van der Waals surface area contributed by atoms with E-state index in [1.165, 1.54) is 30.3 Å². The lowest BCUT2D eigenvalue weighted by Gasteiger charge is -2.13. The number of nitrogens with one attached hydrogen (secondary N) is 2. The summed E-state index contributed by atoms with van der Waals surface area (Å²) in [4.78, 5) is 27.5. The van der Waals surface area contributed by atoms with Crippen LogP contribution >= 0.6 is 0 Å². The zero-order valence-electron chi connectivity index (χ0n) is 21.7. The van der Waals surface area contributed by atoms with Crippen molar-refractivity contribution in [2.75, 3.05) is 38.8 Å². The van der Waals surface area contributed by atoms with E-state index in [0.29, 0.717) is 23.5 Å². The van der Waals surface area contributed by atoms with E-state index in [1.54, 1.807) is 24.3 Å². The van der Waals surface area contributed by atoms with Gasteiger partial charge < -0.3 is 30.1 Å². The summed E-state index contributed by atoms with van der Waals surface area (Å²) in [6.07, 6.45) is 2.11. The molecule has 0 saturated heterocycles. The lowest BCUT2D eigenvalue weighted by atomic mass is 10.1. The fraction of sp³-hybridized carbons (Fsp3) is 0.241. The summed E-state index contributed by atoms with van der Waals surface area (Å²) < 4.78 is 34.9. The summed E-state index contributed by atoms with van der Waals surface area (Å²) in [5.74, 6) is -0.601. The number of benzene rings is 3. The van der Waals surface area contributed by atoms with E-state index in [-0.39, 0.29) is 24.6 Å². The molecule has 3 aromatic carbocycles. The van der Waals surface area contributed by atoms with Crippen molar-refractivity contribution >= 4 is 23.6 Å². The second-order valence-corrected chi connectivity index (χ2v) is 8.62. The Morgan fingerprint density at radius 3 is 2.18 bits per heavy atom. The maximum Gasteiger partial charge on any atom is 0.387 e. The number of anilines is 1. The van der Waals surface area contributed by atoms with Crippen LogP contribution in [0.2, 0.25) is 0 Å². The molecule has 8 nitrogen and oxygen atoms in total. The van der Waals surface area contributed by atoms with Crippen molar-refractivity contribution in [3.63, 3.8) is 0 Å². The third-order valence-electron chi connectivity index (χ3n) is 5.54. The van der Waals surface area contributed by atoms with Crippen LogP contribution in [-0.4, -0.2) is 57.4 Å². The molecule has 10 heteroatoms. The fourth-order valence-corrected chi connectivity index (χ4v) is 3.48. The molecular formula is C29H31F2N3O5. The Hall–Kier alpha value is -4.44. The molecule has 39 heavy (non-hydrogen) atoms. The van der Waals surface area contributed by atoms with Crippen molar-refractivity contribution in [3.8, 4) is 11.5 Å². The monoisotopic (exact) mass is 539 g/mol. The molecule has 0 atom stereocenters. The molecule has 0 aliphatic rings. The minimum Gasteiger partial charge on any atom is -0.493 e. The SMILES string of the molecule is CN(C)c1ccc(CCOc2ccc(C(=O)N/C(=C\c3ccc(OC(F)F)cc3)C(=O)NCCO)cc2)cc1. The van der Waals surface area contributed by atoms with E-state index in [1.807, 2.05) is 31.1 Å². The van der Waals surface area contributed by atoms with Gasteiger partial charge in [-0.1, -0.05) is 24.3 Å². The quantitative estimate of drug-likeness (QED) is 0.286. The number of aliphatic hydroxyl groups excluding tert-OH is 1. The zero-order valence-corrected chi connectivity index (χ0v) is 21.7. The predicted octanol–water partition coefficient (Wildman–Crippen LogP) is 3.85. The summed E-state index contributed by atoms with van der Waals surface area (Å²) in [7, 11) is 3.97. The number of ether oxygens (including phenoxy) is 2. The first-order valence-electron chi connectivity index (χ1n) is 12.2. The molecule has 3 rings (SSSR count). The molecule has 0 spiro atoms. The van der Waals surface area contributed by atoms with Crippen LogP contribution in [-0.2, 0) is 11.2 Å². The average molecular weight is 540 g/mol. The standard InChI is InChI=1S/C29H31F2N3O5/c1-34(2)23-9-3-20(4-10-23)15-18-38-24-13-7-22(8-14-24)27(36)33-26(28(37)32-16-17-35)19-21-5-11-25(12-6-21)39-29(30)31/h3-14,19,29,35H,15-18H2,1-2H3,(H,32,37)(H,33,36)/b26-19-. The minimum absolute atomic E-state index is 0.0148. The van der Waals surface area contributed by atoms with E-state index in [9.17, 15) is 18.4 Å². The summed E-state index contributed by atoms with van der Waals surface area (Å²) >= 11 is 0. The number of nitrogens with zero attached hydrogens (tertiary/aromatic N) is 1. The first kappa shape index (κ1) is 29.1. The van der Waals surface area contributed by atoms with Crippen LogP contribution in [0.25, 0.3) is 6.08 Å². The summed E-state index contributed by atoms with van der Waals surface area (Å²) in [6, 6.07) is 20.3. The molecule has 2 amide bonds. The number of rotatable bonds is 13. The Morgan fingerprint density at radius 1 is 0.949 bits per heavy atom. The highest BCUT2D eigenvalue weighted by Crippen LogP contribution is 2.18. The number of carbonyl (C=O) groups is 2. The van der Waals surface area contributed by atoms with Crippen molar-refractivity contribution in [1.82, 2.24) is 10.6 Å². The number of carbonyl (C=O) groups excluding carboxylic acids is 2. The molecule has 206 valence electrons. The van der Waals surface area contributed by atoms with Gasteiger partial charge in [0.15, 0.2) is 0 Å². The normalized spacial score (nSPS) is 11.2. The molecule has 3 N–H and O–H groups in total. The topological polar surface area (TPSA) is 100 Å². The zero-order chi connectivity index (χ0) is 28.2. The van der Waals surface area contributed by atoms with Crippen LogP contribution in [0, 0.1) is 0 Å². The summed E-state index contributed by atoms with van der Waals surface area (Å²) in [5.41, 5.74) is 2.94. The highest BCUT2D eigenvalue weighted by Gasteiger charge is 2.15. The second-order valence-electron chi connectivity index (χ2n) is 8.62. The molecule has 0 aromatic heterocycles. The van der Waals surface area contributed by atoms with Gasteiger partial charge in [-0.2, -0.15) is 8.78 Å². The molecule has 0 aliphatic heterocycles. The van der Waals surface area contributed by atoms with Crippen molar-refractivity contribution in [1.29, 1.82) is 0 Å². The number of hydrogen-bond donors (Lipinski definition) is 3. The number of aliphatic hydroxyl groups is 1. The van der Waals surface area contributed by atoms with Gasteiger partial charge in [0.2, 0.25) is 0 Å². The Balaban J connectivity index is 1.62. The highest BCUT2D eigenvalue weighted by atomic mass is 19.3. The lowest BCUT2D eigenvalue weighted by molar-refractivity contribution is -0.117. The van der Waals surface area contributed by atoms with Crippen LogP contribution in [0.15, 0.2) is 78.5 Å². The fourth-order valence-electron chi connectivity index (χ4n) is 3.48. The third-order valence-corrected chi connectivity index (χ3v) is 5.54. The Labute approximate surface area is 225 Å². The van der Waals surface area contributed by atoms with E-state index >= 15 is 0 Å². The van der Waals surface area contributed by atoms with Crippen LogP contribution in [0.3, 0.4) is 0 Å². The van der Waals surface area contributed by atoms with Crippen molar-refractivity contribution < 1.29 is 33.0 Å². The van der Waals surface area contributed by atoms with Gasteiger partial charge in [-0.05, 0) is 65.7 Å². The van der Waals surface area contributed by atoms with Gasteiger partial charge in [0.05, 0.1) is 13.2 Å². The van der Waals surface area contributed by atoms with E-state index in [2.05, 4.69) is 27.5 Å². The smallest absolute Gasteiger partial charge is 0.387 e. The number of amides is 2. The molecule has 0 fully saturated rings. The van der Waals surface area contributed by atoms with Gasteiger partial charge in [-0.25, -0.2) is 0 Å². The Kier molecular flexibility index (Phi) is 10.8. The Bertz CT molecular complexity index is 1250. The molecule has 0 unspecified atom stereocenters. The van der Waals surface area contributed by atoms with Crippen LogP contribution in [0.4, 0.5) is 14.5 Å². The van der Waals surface area contributed by atoms with Gasteiger partial charge in [0.1, 0.15) is 17.2 Å². The molecular weight excluding hydrogens is 508 g/mol. The summed E-state index contributed by atoms with van der Waals surface area (Å²) in [5, 5.41) is 14.1. The van der Waals surface area contributed by atoms with Crippen molar-refractivity contribution in [3.05, 3.63) is 95.2 Å². The number of halogens is 2. The summed E-state index contributed by atoms with van der Waals surface area (Å²) in [6.45, 7) is -2.79. The third kappa shape index (κ3) is 9.42. The van der Waals surface area contributed by atoms with Crippen LogP contribution < -0.4 is 25.0 Å². The molecule has 0 radical (unpaired) electrons. The first-order valence-corrected chi connectivity index (χ1v) is 12.2.